The average molecular weight is 399 g/mol. The van der Waals surface area contributed by atoms with E-state index in [9.17, 15) is 9.59 Å². The monoisotopic (exact) mass is 397 g/mol. The molecule has 4 fully saturated rings. The number of hydrogen-bond donors (Lipinski definition) is 0. The highest BCUT2D eigenvalue weighted by Crippen LogP contribution is 2.75. The molecule has 0 N–H and O–H groups in total. The average Bonchev–Trinajstić information content (AvgIpc) is 3.21. The fourth-order valence-electron chi connectivity index (χ4n) is 5.44. The molecule has 5 rings (SSSR count). The molecule has 9 heteroatoms. The normalized spacial score (nSPS) is 56.1. The van der Waals surface area contributed by atoms with Gasteiger partial charge in [-0.3, -0.25) is 14.4 Å². The standard InChI is InChI=1S/C14H11Cl4NO4/c1-22-19-11(20)3-4(12(19)21)8-6-5(7(3)23-8)13(17)2-14(6,18)10(16)9(13)15/h3-8H,2H2,1H3/t3-,4-,5+,6+,7-,8+,13+,14+/m1/s1. The number of alkyl halides is 2. The van der Waals surface area contributed by atoms with Crippen LogP contribution < -0.4 is 0 Å². The Bertz CT molecular complexity index is 659. The fourth-order valence-corrected chi connectivity index (χ4v) is 7.46. The molecule has 2 aliphatic carbocycles. The summed E-state index contributed by atoms with van der Waals surface area (Å²) in [5.41, 5.74) is 0. The topological polar surface area (TPSA) is 55.8 Å². The molecule has 0 aromatic carbocycles. The first kappa shape index (κ1) is 15.2. The van der Waals surface area contributed by atoms with Gasteiger partial charge in [-0.05, 0) is 6.42 Å². The van der Waals surface area contributed by atoms with Crippen LogP contribution in [0.4, 0.5) is 0 Å². The number of carbonyl (C=O) groups excluding carboxylic acids is 2. The van der Waals surface area contributed by atoms with Gasteiger partial charge in [-0.2, -0.15) is 5.06 Å². The van der Waals surface area contributed by atoms with Crippen molar-refractivity contribution in [2.24, 2.45) is 23.7 Å². The van der Waals surface area contributed by atoms with E-state index in [0.29, 0.717) is 16.5 Å². The highest BCUT2D eigenvalue weighted by molar-refractivity contribution is 6.51. The van der Waals surface area contributed by atoms with Gasteiger partial charge in [0, 0.05) is 11.8 Å². The van der Waals surface area contributed by atoms with Crippen LogP contribution in [0.2, 0.25) is 0 Å². The van der Waals surface area contributed by atoms with Crippen molar-refractivity contribution < 1.29 is 19.2 Å². The van der Waals surface area contributed by atoms with Crippen molar-refractivity contribution in [1.29, 1.82) is 0 Å². The van der Waals surface area contributed by atoms with Crippen molar-refractivity contribution in [3.63, 3.8) is 0 Å². The third kappa shape index (κ3) is 1.37. The molecule has 0 unspecified atom stereocenters. The number of ether oxygens (including phenoxy) is 1. The number of amides is 2. The Morgan fingerprint density at radius 1 is 1.04 bits per heavy atom. The van der Waals surface area contributed by atoms with Crippen molar-refractivity contribution in [2.45, 2.75) is 28.4 Å². The second-order valence-corrected chi connectivity index (χ2v) is 8.96. The predicted octanol–water partition coefficient (Wildman–Crippen LogP) is 2.22. The highest BCUT2D eigenvalue weighted by atomic mass is 35.5. The van der Waals surface area contributed by atoms with Crippen LogP contribution in [0, 0.1) is 23.7 Å². The van der Waals surface area contributed by atoms with Crippen LogP contribution in [0.5, 0.6) is 0 Å². The lowest BCUT2D eigenvalue weighted by Gasteiger charge is -2.40. The van der Waals surface area contributed by atoms with Gasteiger partial charge in [0.15, 0.2) is 0 Å². The second kappa shape index (κ2) is 4.19. The molecule has 8 atom stereocenters. The Labute approximate surface area is 151 Å². The van der Waals surface area contributed by atoms with Crippen molar-refractivity contribution in [3.8, 4) is 0 Å². The SMILES string of the molecule is CON1C(=O)[C@H]2[C@H]3O[C@@H]([C@@H]2C1=O)[C@@H]1[C@@H]3[C@@]2(Cl)C[C@@]1(Cl)C(Cl)=C2Cl. The van der Waals surface area contributed by atoms with Crippen LogP contribution in [0.25, 0.3) is 0 Å². The smallest absolute Gasteiger partial charge is 0.260 e. The molecule has 4 bridgehead atoms. The molecule has 1 saturated carbocycles. The van der Waals surface area contributed by atoms with Gasteiger partial charge >= 0.3 is 0 Å². The van der Waals surface area contributed by atoms with E-state index in [1.54, 1.807) is 0 Å². The van der Waals surface area contributed by atoms with Gasteiger partial charge in [0.1, 0.15) is 0 Å². The number of imide groups is 1. The lowest BCUT2D eigenvalue weighted by molar-refractivity contribution is -0.184. The van der Waals surface area contributed by atoms with Crippen LogP contribution in [0.1, 0.15) is 6.42 Å². The van der Waals surface area contributed by atoms with E-state index in [1.165, 1.54) is 7.11 Å². The summed E-state index contributed by atoms with van der Waals surface area (Å²) in [6.45, 7) is 0. The van der Waals surface area contributed by atoms with Gasteiger partial charge in [0.05, 0.1) is 51.0 Å². The van der Waals surface area contributed by atoms with E-state index >= 15 is 0 Å². The predicted molar refractivity (Wildman–Crippen MR) is 82.0 cm³/mol. The molecule has 0 spiro atoms. The minimum Gasteiger partial charge on any atom is -0.373 e. The van der Waals surface area contributed by atoms with Crippen LogP contribution in [-0.4, -0.2) is 45.9 Å². The molecular formula is C14H11Cl4NO4. The minimum atomic E-state index is -0.931. The number of hydroxylamine groups is 2. The molecule has 23 heavy (non-hydrogen) atoms. The van der Waals surface area contributed by atoms with Gasteiger partial charge < -0.3 is 4.74 Å². The molecule has 3 saturated heterocycles. The lowest BCUT2D eigenvalue weighted by atomic mass is 9.65. The Kier molecular flexibility index (Phi) is 2.78. The summed E-state index contributed by atoms with van der Waals surface area (Å²) >= 11 is 26.3. The summed E-state index contributed by atoms with van der Waals surface area (Å²) in [7, 11) is 1.30. The van der Waals surface area contributed by atoms with Crippen LogP contribution in [0.15, 0.2) is 10.1 Å². The lowest BCUT2D eigenvalue weighted by Crippen LogP contribution is -2.50. The number of nitrogens with zero attached hydrogens (tertiary/aromatic N) is 1. The van der Waals surface area contributed by atoms with Crippen molar-refractivity contribution in [1.82, 2.24) is 5.06 Å². The summed E-state index contributed by atoms with van der Waals surface area (Å²) in [5.74, 6) is -2.43. The molecule has 5 nitrogen and oxygen atoms in total. The van der Waals surface area contributed by atoms with Crippen LogP contribution in [-0.2, 0) is 19.2 Å². The molecule has 3 aliphatic heterocycles. The van der Waals surface area contributed by atoms with E-state index in [0.717, 1.165) is 5.06 Å². The molecule has 124 valence electrons. The maximum atomic E-state index is 12.5. The first-order valence-corrected chi connectivity index (χ1v) is 8.80. The zero-order valence-corrected chi connectivity index (χ0v) is 14.8. The number of rotatable bonds is 1. The van der Waals surface area contributed by atoms with Gasteiger partial charge in [-0.25, -0.2) is 0 Å². The van der Waals surface area contributed by atoms with Crippen molar-refractivity contribution in [3.05, 3.63) is 10.1 Å². The number of allylic oxidation sites excluding steroid dienone is 2. The Balaban J connectivity index is 1.65. The van der Waals surface area contributed by atoms with E-state index in [-0.39, 0.29) is 23.7 Å². The van der Waals surface area contributed by atoms with Gasteiger partial charge in [0.2, 0.25) is 0 Å². The molecule has 3 heterocycles. The molecule has 5 aliphatic rings. The Hall–Kier alpha value is -0.0400. The van der Waals surface area contributed by atoms with E-state index in [1.807, 2.05) is 0 Å². The molecular weight excluding hydrogens is 388 g/mol. The Morgan fingerprint density at radius 3 is 1.87 bits per heavy atom. The first-order chi connectivity index (χ1) is 10.8. The third-order valence-corrected chi connectivity index (χ3v) is 8.64. The zero-order valence-electron chi connectivity index (χ0n) is 11.8. The summed E-state index contributed by atoms with van der Waals surface area (Å²) in [5, 5.41) is 1.49. The van der Waals surface area contributed by atoms with Gasteiger partial charge in [0.25, 0.3) is 11.8 Å². The molecule has 0 aromatic heterocycles. The quantitative estimate of drug-likeness (QED) is 0.502. The molecule has 2 amide bonds. The van der Waals surface area contributed by atoms with Gasteiger partial charge in [-0.15, -0.1) is 23.2 Å². The molecule has 0 aromatic rings. The van der Waals surface area contributed by atoms with E-state index < -0.39 is 33.8 Å². The summed E-state index contributed by atoms with van der Waals surface area (Å²) < 4.78 is 6.01. The summed E-state index contributed by atoms with van der Waals surface area (Å²) in [4.78, 5) is 28.1. The van der Waals surface area contributed by atoms with Crippen molar-refractivity contribution in [2.75, 3.05) is 7.11 Å². The van der Waals surface area contributed by atoms with Crippen LogP contribution >= 0.6 is 46.4 Å². The van der Waals surface area contributed by atoms with Crippen molar-refractivity contribution >= 4 is 58.2 Å². The fraction of sp³-hybridized carbons (Fsp3) is 0.714. The summed E-state index contributed by atoms with van der Waals surface area (Å²) in [6, 6.07) is 0. The third-order valence-electron chi connectivity index (χ3n) is 6.15. The maximum absolute atomic E-state index is 12.5. The summed E-state index contributed by atoms with van der Waals surface area (Å²) in [6.07, 6.45) is -0.603. The Morgan fingerprint density at radius 2 is 1.48 bits per heavy atom. The number of hydrogen-bond acceptors (Lipinski definition) is 4. The number of fused-ring (bicyclic) bond motifs is 12. The van der Waals surface area contributed by atoms with E-state index in [2.05, 4.69) is 0 Å². The first-order valence-electron chi connectivity index (χ1n) is 7.29. The van der Waals surface area contributed by atoms with Gasteiger partial charge in [-0.1, -0.05) is 23.2 Å². The largest absolute Gasteiger partial charge is 0.373 e. The number of carbonyl (C=O) groups is 2. The van der Waals surface area contributed by atoms with E-state index in [4.69, 9.17) is 56.0 Å². The second-order valence-electron chi connectivity index (χ2n) is 6.85. The van der Waals surface area contributed by atoms with Crippen LogP contribution in [0.3, 0.4) is 0 Å². The minimum absolute atomic E-state index is 0.239. The maximum Gasteiger partial charge on any atom is 0.260 e. The zero-order chi connectivity index (χ0) is 16.5. The molecule has 0 radical (unpaired) electrons. The number of halogens is 4. The highest BCUT2D eigenvalue weighted by Gasteiger charge is 2.81.